The molecule has 0 N–H and O–H groups in total. The number of aromatic nitrogens is 2. The summed E-state index contributed by atoms with van der Waals surface area (Å²) in [5, 5.41) is 1.84. The minimum Gasteiger partial charge on any atom is -0.509 e. The van der Waals surface area contributed by atoms with Crippen LogP contribution in [-0.2, 0) is 53.6 Å². The minimum absolute atomic E-state index is 0. The topological polar surface area (TPSA) is 33.5 Å². The van der Waals surface area contributed by atoms with Crippen molar-refractivity contribution in [2.75, 3.05) is 9.80 Å². The van der Waals surface area contributed by atoms with Gasteiger partial charge in [0.1, 0.15) is 5.82 Å². The van der Waals surface area contributed by atoms with E-state index in [1.165, 1.54) is 16.7 Å². The maximum atomic E-state index is 9.29. The van der Waals surface area contributed by atoms with Gasteiger partial charge in [-0.25, -0.2) is 4.98 Å². The first-order valence-electron chi connectivity index (χ1n) is 32.8. The number of rotatable bonds is 7. The average Bonchev–Trinajstić information content (AvgIpc) is 1.35. The third-order valence-electron chi connectivity index (χ3n) is 18.0. The van der Waals surface area contributed by atoms with Crippen molar-refractivity contribution < 1.29 is 34.0 Å². The molecule has 3 heterocycles. The molecule has 6 heteroatoms. The largest absolute Gasteiger partial charge is 0.509 e. The van der Waals surface area contributed by atoms with E-state index in [4.69, 9.17) is 9.72 Å². The van der Waals surface area contributed by atoms with Gasteiger partial charge in [-0.15, -0.1) is 48.3 Å². The summed E-state index contributed by atoms with van der Waals surface area (Å²) in [6.45, 7) is 23.4. The number of hydrogen-bond acceptors (Lipinski definition) is 4. The van der Waals surface area contributed by atoms with Crippen molar-refractivity contribution in [3.8, 4) is 39.6 Å². The fourth-order valence-corrected chi connectivity index (χ4v) is 13.5. The van der Waals surface area contributed by atoms with Crippen LogP contribution in [0.15, 0.2) is 194 Å². The molecule has 14 rings (SSSR count). The number of benzene rings is 9. The molecule has 86 heavy (non-hydrogen) atoms. The smallest absolute Gasteiger partial charge is 0.135 e. The monoisotopic (exact) mass is 1310 g/mol. The molecule has 0 radical (unpaired) electrons. The summed E-state index contributed by atoms with van der Waals surface area (Å²) in [7, 11) is 0. The molecular weight excluding hydrogens is 1230 g/mol. The zero-order valence-corrected chi connectivity index (χ0v) is 53.3. The predicted octanol–water partition coefficient (Wildman–Crippen LogP) is 20.8. The van der Waals surface area contributed by atoms with Gasteiger partial charge in [-0.05, 0) is 131 Å². The van der Waals surface area contributed by atoms with E-state index >= 15 is 0 Å². The Morgan fingerprint density at radius 3 is 1.63 bits per heavy atom. The molecule has 434 valence electrons. The molecule has 0 saturated heterocycles. The Morgan fingerprint density at radius 2 is 1.01 bits per heavy atom. The van der Waals surface area contributed by atoms with Crippen LogP contribution in [0.5, 0.6) is 11.5 Å². The number of para-hydroxylation sites is 2. The Labute approximate surface area is 532 Å². The number of anilines is 4. The van der Waals surface area contributed by atoms with Crippen molar-refractivity contribution in [1.29, 1.82) is 0 Å². The Balaban J connectivity index is 0.00000773. The van der Waals surface area contributed by atoms with Gasteiger partial charge in [0, 0.05) is 91.5 Å². The third kappa shape index (κ3) is 8.92. The predicted molar refractivity (Wildman–Crippen MR) is 354 cm³/mol. The molecule has 0 amide bonds. The maximum absolute atomic E-state index is 9.29. The third-order valence-corrected chi connectivity index (χ3v) is 18.0. The number of fused-ring (bicyclic) bond motifs is 7. The first-order chi connectivity index (χ1) is 42.9. The van der Waals surface area contributed by atoms with E-state index in [-0.39, 0.29) is 53.9 Å². The zero-order chi connectivity index (χ0) is 64.3. The van der Waals surface area contributed by atoms with Crippen LogP contribution < -0.4 is 14.5 Å². The molecule has 11 aromatic rings. The van der Waals surface area contributed by atoms with E-state index in [0.717, 1.165) is 78.0 Å². The Morgan fingerprint density at radius 1 is 0.465 bits per heavy atom. The van der Waals surface area contributed by atoms with Crippen LogP contribution >= 0.6 is 0 Å². The zero-order valence-electron chi connectivity index (χ0n) is 57.1. The van der Waals surface area contributed by atoms with Crippen LogP contribution in [0.4, 0.5) is 22.7 Å². The van der Waals surface area contributed by atoms with Crippen LogP contribution in [0.25, 0.3) is 49.9 Å². The normalized spacial score (nSPS) is 16.2. The Kier molecular flexibility index (Phi) is 11.7. The van der Waals surface area contributed by atoms with Crippen molar-refractivity contribution in [3.05, 3.63) is 269 Å². The van der Waals surface area contributed by atoms with E-state index in [9.17, 15) is 8.22 Å². The van der Waals surface area contributed by atoms with E-state index < -0.39 is 24.5 Å². The van der Waals surface area contributed by atoms with Crippen molar-refractivity contribution >= 4 is 44.6 Å². The SMILES string of the molecule is [2H]C([2H])([2H])C1(C([2H])([2H])[2H])c2ccccc2C2(c3ccccc31)c1cc(Oc3[c-]c(N4[CH-]N(c5c(-c6ccccc6)cc(C(C)(C)C)cc5-c5cc(C(C)(C)C)cc(C(C)(C)C)c5)c5ccccc54)ccc3)[c-]c3c1c1c2cccc1n3-c1cc(C(C)(C)C)ccn1.[Pt]. The molecule has 3 aliphatic rings. The summed E-state index contributed by atoms with van der Waals surface area (Å²) in [6, 6.07) is 71.8. The summed E-state index contributed by atoms with van der Waals surface area (Å²) in [5.41, 5.74) is 14.0. The number of nitrogens with zero attached hydrogens (tertiary/aromatic N) is 4. The Hall–Kier alpha value is -7.98. The summed E-state index contributed by atoms with van der Waals surface area (Å²) in [4.78, 5) is 9.60. The van der Waals surface area contributed by atoms with Crippen molar-refractivity contribution in [1.82, 2.24) is 9.55 Å². The molecule has 2 aromatic heterocycles. The number of hydrogen-bond donors (Lipinski definition) is 0. The average molecular weight is 1310 g/mol. The van der Waals surface area contributed by atoms with Crippen molar-refractivity contribution in [3.63, 3.8) is 0 Å². The van der Waals surface area contributed by atoms with Gasteiger partial charge in [-0.3, -0.25) is 0 Å². The molecule has 9 aromatic carbocycles. The van der Waals surface area contributed by atoms with E-state index in [2.05, 4.69) is 232 Å². The fraction of sp³-hybridized carbons (Fsp3) is 0.250. The molecule has 5 nitrogen and oxygen atoms in total. The van der Waals surface area contributed by atoms with Gasteiger partial charge in [0.05, 0.1) is 0 Å². The second-order valence-electron chi connectivity index (χ2n) is 27.7. The number of pyridine rings is 1. The Bertz CT molecular complexity index is 4670. The quantitative estimate of drug-likeness (QED) is 0.149. The maximum Gasteiger partial charge on any atom is 0.135 e. The van der Waals surface area contributed by atoms with Gasteiger partial charge in [-0.2, -0.15) is 6.07 Å². The molecule has 1 spiro atoms. The summed E-state index contributed by atoms with van der Waals surface area (Å²) >= 11 is 0. The number of ether oxygens (including phenoxy) is 1. The molecule has 0 unspecified atom stereocenters. The van der Waals surface area contributed by atoms with Crippen LogP contribution in [0.3, 0.4) is 0 Å². The molecule has 0 atom stereocenters. The van der Waals surface area contributed by atoms with E-state index in [0.29, 0.717) is 34.0 Å². The molecule has 0 saturated carbocycles. The van der Waals surface area contributed by atoms with E-state index in [1.54, 1.807) is 24.3 Å². The first kappa shape index (κ1) is 50.2. The van der Waals surface area contributed by atoms with Gasteiger partial charge >= 0.3 is 0 Å². The summed E-state index contributed by atoms with van der Waals surface area (Å²) < 4.78 is 65.1. The van der Waals surface area contributed by atoms with Crippen molar-refractivity contribution in [2.24, 2.45) is 0 Å². The first-order valence-corrected chi connectivity index (χ1v) is 29.8. The van der Waals surface area contributed by atoms with Crippen LogP contribution in [-0.4, -0.2) is 9.55 Å². The van der Waals surface area contributed by atoms with Gasteiger partial charge < -0.3 is 19.1 Å². The van der Waals surface area contributed by atoms with Gasteiger partial charge in [0.2, 0.25) is 0 Å². The minimum atomic E-state index is -2.98. The van der Waals surface area contributed by atoms with E-state index in [1.807, 2.05) is 54.7 Å². The molecular formula is C80H75N4OPt-3. The standard InChI is InChI=1S/C80H75N4O.Pt/c1-75(2,3)52-38-39-81-71(45-52)84-69-37-25-34-65-72(69)73-66(80(65)63-32-20-18-30-61(63)79(13,14)62-31-19-21-33-64(62)80)47-58(48-70(73)84)85-57-29-24-28-56(46-57)82-49-83(68-36-23-22-35-67(68)82)74-59(50-26-16-15-17-27-50)43-55(78(10,11)12)44-60(74)51-40-53(76(4,5)6)42-54(41-51)77(7,8)9;/h15-45,47,49H,1-14H3;/q-3;/i13D3,14D3;. The van der Waals surface area contributed by atoms with Crippen LogP contribution in [0, 0.1) is 18.8 Å². The molecule has 2 aliphatic carbocycles. The molecule has 1 aliphatic heterocycles. The molecule has 0 bridgehead atoms. The van der Waals surface area contributed by atoms with Crippen molar-refractivity contribution in [2.45, 2.75) is 129 Å². The van der Waals surface area contributed by atoms with Crippen LogP contribution in [0.1, 0.15) is 161 Å². The second kappa shape index (κ2) is 20.0. The van der Waals surface area contributed by atoms with Gasteiger partial charge in [0.15, 0.2) is 0 Å². The molecule has 0 fully saturated rings. The fourth-order valence-electron chi connectivity index (χ4n) is 13.5. The van der Waals surface area contributed by atoms with Gasteiger partial charge in [0.25, 0.3) is 0 Å². The second-order valence-corrected chi connectivity index (χ2v) is 27.7. The van der Waals surface area contributed by atoms with Gasteiger partial charge in [-0.1, -0.05) is 229 Å². The summed E-state index contributed by atoms with van der Waals surface area (Å²) in [5.74, 6) is 1.53. The summed E-state index contributed by atoms with van der Waals surface area (Å²) in [6.07, 6.45) is 1.86. The van der Waals surface area contributed by atoms with Crippen LogP contribution in [0.2, 0.25) is 0 Å².